The highest BCUT2D eigenvalue weighted by Gasteiger charge is 2.38. The molecular formula is C14H19NO4. The maximum absolute atomic E-state index is 12.1. The lowest BCUT2D eigenvalue weighted by Crippen LogP contribution is -2.32. The average molecular weight is 265 g/mol. The Balaban J connectivity index is 1.81. The van der Waals surface area contributed by atoms with E-state index in [4.69, 9.17) is 5.11 Å². The number of imide groups is 1. The predicted octanol–water partition coefficient (Wildman–Crippen LogP) is 1.87. The first kappa shape index (κ1) is 13.8. The second kappa shape index (κ2) is 5.99. The van der Waals surface area contributed by atoms with Crippen molar-refractivity contribution in [1.29, 1.82) is 0 Å². The first-order valence-electron chi connectivity index (χ1n) is 6.91. The molecule has 0 saturated heterocycles. The highest BCUT2D eigenvalue weighted by Crippen LogP contribution is 2.32. The second-order valence-electron chi connectivity index (χ2n) is 5.13. The Morgan fingerprint density at radius 3 is 2.11 bits per heavy atom. The van der Waals surface area contributed by atoms with Gasteiger partial charge >= 0.3 is 5.97 Å². The van der Waals surface area contributed by atoms with Crippen molar-refractivity contribution >= 4 is 17.8 Å². The number of hydrogen-bond acceptors (Lipinski definition) is 3. The Morgan fingerprint density at radius 1 is 1.00 bits per heavy atom. The van der Waals surface area contributed by atoms with Crippen molar-refractivity contribution in [2.75, 3.05) is 6.54 Å². The molecule has 0 unspecified atom stereocenters. The van der Waals surface area contributed by atoms with Gasteiger partial charge in [-0.25, -0.2) is 0 Å². The molecule has 0 atom stereocenters. The number of carbonyl (C=O) groups is 3. The summed E-state index contributed by atoms with van der Waals surface area (Å²) in [5.74, 6) is -1.03. The smallest absolute Gasteiger partial charge is 0.303 e. The summed E-state index contributed by atoms with van der Waals surface area (Å²) >= 11 is 0. The van der Waals surface area contributed by atoms with E-state index in [0.717, 1.165) is 43.3 Å². The lowest BCUT2D eigenvalue weighted by Gasteiger charge is -2.14. The molecule has 0 fully saturated rings. The number of carbonyl (C=O) groups excluding carboxylic acids is 2. The van der Waals surface area contributed by atoms with Crippen LogP contribution in [0.2, 0.25) is 0 Å². The molecule has 104 valence electrons. The zero-order valence-corrected chi connectivity index (χ0v) is 11.0. The monoisotopic (exact) mass is 265 g/mol. The summed E-state index contributed by atoms with van der Waals surface area (Å²) in [6.45, 7) is 0.421. The van der Waals surface area contributed by atoms with Crippen LogP contribution in [0.1, 0.15) is 51.4 Å². The standard InChI is InChI=1S/C14H19NO4/c16-12(17)8-2-1-5-9-15-13(18)10-6-3-4-7-11(10)14(15)19/h1-9H2,(H,16,17). The third kappa shape index (κ3) is 3.03. The number of aliphatic carboxylic acids is 1. The molecule has 0 radical (unpaired) electrons. The highest BCUT2D eigenvalue weighted by molar-refractivity contribution is 6.19. The zero-order chi connectivity index (χ0) is 13.8. The Kier molecular flexibility index (Phi) is 4.35. The van der Waals surface area contributed by atoms with Crippen LogP contribution in [0.15, 0.2) is 11.1 Å². The molecule has 19 heavy (non-hydrogen) atoms. The van der Waals surface area contributed by atoms with Crippen LogP contribution in [0.3, 0.4) is 0 Å². The Bertz CT molecular complexity index is 411. The van der Waals surface area contributed by atoms with Gasteiger partial charge in [-0.3, -0.25) is 19.3 Å². The first-order valence-corrected chi connectivity index (χ1v) is 6.91. The summed E-state index contributed by atoms with van der Waals surface area (Å²) in [5, 5.41) is 8.52. The topological polar surface area (TPSA) is 74.7 Å². The lowest BCUT2D eigenvalue weighted by molar-refractivity contribution is -0.139. The van der Waals surface area contributed by atoms with Crippen molar-refractivity contribution in [3.05, 3.63) is 11.1 Å². The van der Waals surface area contributed by atoms with E-state index in [1.165, 1.54) is 4.90 Å². The summed E-state index contributed by atoms with van der Waals surface area (Å²) in [7, 11) is 0. The van der Waals surface area contributed by atoms with E-state index in [1.807, 2.05) is 0 Å². The van der Waals surface area contributed by atoms with Gasteiger partial charge in [0.15, 0.2) is 0 Å². The number of carboxylic acid groups (broad SMARTS) is 1. The molecule has 1 aliphatic heterocycles. The largest absolute Gasteiger partial charge is 0.481 e. The summed E-state index contributed by atoms with van der Waals surface area (Å²) < 4.78 is 0. The van der Waals surface area contributed by atoms with Crippen LogP contribution < -0.4 is 0 Å². The molecule has 0 saturated carbocycles. The van der Waals surface area contributed by atoms with E-state index in [2.05, 4.69) is 0 Å². The van der Waals surface area contributed by atoms with Crippen LogP contribution in [-0.4, -0.2) is 34.3 Å². The summed E-state index contributed by atoms with van der Waals surface area (Å²) in [4.78, 5) is 35.9. The summed E-state index contributed by atoms with van der Waals surface area (Å²) in [5.41, 5.74) is 1.45. The molecule has 0 bridgehead atoms. The fraction of sp³-hybridized carbons (Fsp3) is 0.643. The number of hydrogen-bond donors (Lipinski definition) is 1. The normalized spacial score (nSPS) is 19.1. The van der Waals surface area contributed by atoms with Crippen LogP contribution in [0, 0.1) is 0 Å². The highest BCUT2D eigenvalue weighted by atomic mass is 16.4. The molecule has 0 aromatic heterocycles. The molecule has 1 N–H and O–H groups in total. The quantitative estimate of drug-likeness (QED) is 0.587. The van der Waals surface area contributed by atoms with Gasteiger partial charge in [-0.05, 0) is 38.5 Å². The van der Waals surface area contributed by atoms with Gasteiger partial charge in [-0.2, -0.15) is 0 Å². The van der Waals surface area contributed by atoms with E-state index < -0.39 is 5.97 Å². The first-order chi connectivity index (χ1) is 9.11. The average Bonchev–Trinajstić information content (AvgIpc) is 2.63. The predicted molar refractivity (Wildman–Crippen MR) is 68.3 cm³/mol. The zero-order valence-electron chi connectivity index (χ0n) is 11.0. The van der Waals surface area contributed by atoms with Gasteiger partial charge in [0.2, 0.25) is 0 Å². The minimum absolute atomic E-state index is 0.113. The van der Waals surface area contributed by atoms with Crippen molar-refractivity contribution in [3.63, 3.8) is 0 Å². The van der Waals surface area contributed by atoms with E-state index in [-0.39, 0.29) is 18.2 Å². The van der Waals surface area contributed by atoms with Crippen LogP contribution in [-0.2, 0) is 14.4 Å². The minimum atomic E-state index is -0.801. The SMILES string of the molecule is O=C(O)CCCCCN1C(=O)C2=C(CCCC2)C1=O. The molecule has 5 nitrogen and oxygen atoms in total. The Labute approximate surface area is 112 Å². The second-order valence-corrected chi connectivity index (χ2v) is 5.13. The number of carboxylic acids is 1. The van der Waals surface area contributed by atoms with E-state index in [0.29, 0.717) is 19.4 Å². The van der Waals surface area contributed by atoms with Gasteiger partial charge in [-0.15, -0.1) is 0 Å². The van der Waals surface area contributed by atoms with Gasteiger partial charge in [0.1, 0.15) is 0 Å². The van der Waals surface area contributed by atoms with Crippen LogP contribution in [0.5, 0.6) is 0 Å². The third-order valence-corrected chi connectivity index (χ3v) is 3.75. The molecule has 2 amide bonds. The van der Waals surface area contributed by atoms with Crippen LogP contribution in [0.4, 0.5) is 0 Å². The van der Waals surface area contributed by atoms with E-state index in [1.54, 1.807) is 0 Å². The van der Waals surface area contributed by atoms with Crippen LogP contribution >= 0.6 is 0 Å². The fourth-order valence-corrected chi connectivity index (χ4v) is 2.72. The Hall–Kier alpha value is -1.65. The van der Waals surface area contributed by atoms with Crippen molar-refractivity contribution in [2.45, 2.75) is 51.4 Å². The fourth-order valence-electron chi connectivity index (χ4n) is 2.72. The maximum Gasteiger partial charge on any atom is 0.303 e. The molecule has 2 aliphatic rings. The van der Waals surface area contributed by atoms with Crippen molar-refractivity contribution in [1.82, 2.24) is 4.90 Å². The van der Waals surface area contributed by atoms with Crippen molar-refractivity contribution in [3.8, 4) is 0 Å². The molecule has 1 heterocycles. The Morgan fingerprint density at radius 2 is 1.58 bits per heavy atom. The number of amides is 2. The molecule has 0 aromatic rings. The van der Waals surface area contributed by atoms with Gasteiger partial charge in [-0.1, -0.05) is 6.42 Å². The molecular weight excluding hydrogens is 246 g/mol. The molecule has 0 spiro atoms. The third-order valence-electron chi connectivity index (χ3n) is 3.75. The number of rotatable bonds is 6. The maximum atomic E-state index is 12.1. The van der Waals surface area contributed by atoms with E-state index in [9.17, 15) is 14.4 Å². The van der Waals surface area contributed by atoms with Gasteiger partial charge in [0, 0.05) is 24.1 Å². The van der Waals surface area contributed by atoms with Gasteiger partial charge in [0.05, 0.1) is 0 Å². The van der Waals surface area contributed by atoms with Crippen molar-refractivity contribution in [2.24, 2.45) is 0 Å². The minimum Gasteiger partial charge on any atom is -0.481 e. The number of nitrogens with zero attached hydrogens (tertiary/aromatic N) is 1. The number of unbranched alkanes of at least 4 members (excludes halogenated alkanes) is 2. The summed E-state index contributed by atoms with van der Waals surface area (Å²) in [6, 6.07) is 0. The van der Waals surface area contributed by atoms with Gasteiger partial charge in [0.25, 0.3) is 11.8 Å². The molecule has 5 heteroatoms. The van der Waals surface area contributed by atoms with Crippen molar-refractivity contribution < 1.29 is 19.5 Å². The van der Waals surface area contributed by atoms with Gasteiger partial charge < -0.3 is 5.11 Å². The lowest BCUT2D eigenvalue weighted by atomic mass is 9.93. The van der Waals surface area contributed by atoms with Crippen LogP contribution in [0.25, 0.3) is 0 Å². The summed E-state index contributed by atoms with van der Waals surface area (Å²) in [6.07, 6.45) is 5.61. The molecule has 0 aromatic carbocycles. The molecule has 2 rings (SSSR count). The molecule has 1 aliphatic carbocycles. The van der Waals surface area contributed by atoms with E-state index >= 15 is 0 Å².